The standard InChI is InChI=1S/C17H17NO5/c19-14-6-7-15(20)23-17(14)8-10-18(11-9-17)16(21)22-12-13-4-2-1-3-5-13/h1-7H,8-12H2. The van der Waals surface area contributed by atoms with Crippen LogP contribution < -0.4 is 0 Å². The van der Waals surface area contributed by atoms with Gasteiger partial charge in [0.05, 0.1) is 0 Å². The summed E-state index contributed by atoms with van der Waals surface area (Å²) in [6.07, 6.45) is 2.56. The average molecular weight is 315 g/mol. The van der Waals surface area contributed by atoms with E-state index in [1.807, 2.05) is 30.3 Å². The SMILES string of the molecule is O=C1C=CC(=O)C2(CCN(C(=O)OCc3ccccc3)CC2)O1. The van der Waals surface area contributed by atoms with Crippen molar-refractivity contribution in [3.05, 3.63) is 48.0 Å². The van der Waals surface area contributed by atoms with Crippen LogP contribution in [0.15, 0.2) is 42.5 Å². The fraction of sp³-hybridized carbons (Fsp3) is 0.353. The van der Waals surface area contributed by atoms with Crippen LogP contribution in [0.5, 0.6) is 0 Å². The van der Waals surface area contributed by atoms with Crippen LogP contribution in [0.3, 0.4) is 0 Å². The molecule has 6 heteroatoms. The summed E-state index contributed by atoms with van der Waals surface area (Å²) in [7, 11) is 0. The number of carbonyl (C=O) groups is 3. The quantitative estimate of drug-likeness (QED) is 0.779. The number of nitrogens with zero attached hydrogens (tertiary/aromatic N) is 1. The van der Waals surface area contributed by atoms with Crippen LogP contribution in [0.4, 0.5) is 4.79 Å². The molecule has 2 heterocycles. The van der Waals surface area contributed by atoms with Crippen molar-refractivity contribution in [3.8, 4) is 0 Å². The highest BCUT2D eigenvalue weighted by Gasteiger charge is 2.46. The molecule has 0 saturated carbocycles. The molecule has 0 N–H and O–H groups in total. The maximum absolute atomic E-state index is 12.1. The van der Waals surface area contributed by atoms with Crippen molar-refractivity contribution in [2.45, 2.75) is 25.0 Å². The number of ether oxygens (including phenoxy) is 2. The number of hydrogen-bond acceptors (Lipinski definition) is 5. The number of ketones is 1. The third-order valence-electron chi connectivity index (χ3n) is 4.15. The van der Waals surface area contributed by atoms with Crippen molar-refractivity contribution in [2.24, 2.45) is 0 Å². The predicted octanol–water partition coefficient (Wildman–Crippen LogP) is 1.84. The maximum atomic E-state index is 12.1. The molecule has 0 atom stereocenters. The molecule has 1 amide bonds. The average Bonchev–Trinajstić information content (AvgIpc) is 2.58. The summed E-state index contributed by atoms with van der Waals surface area (Å²) in [6, 6.07) is 9.41. The van der Waals surface area contributed by atoms with Crippen LogP contribution in [-0.4, -0.2) is 41.4 Å². The molecule has 1 saturated heterocycles. The zero-order valence-electron chi connectivity index (χ0n) is 12.6. The first-order valence-electron chi connectivity index (χ1n) is 7.50. The second-order valence-corrected chi connectivity index (χ2v) is 5.64. The van der Waals surface area contributed by atoms with Crippen LogP contribution in [0, 0.1) is 0 Å². The van der Waals surface area contributed by atoms with Crippen LogP contribution in [0.25, 0.3) is 0 Å². The second kappa shape index (κ2) is 6.24. The number of carbonyl (C=O) groups excluding carboxylic acids is 3. The lowest BCUT2D eigenvalue weighted by molar-refractivity contribution is -0.167. The van der Waals surface area contributed by atoms with Gasteiger partial charge in [-0.05, 0) is 11.6 Å². The topological polar surface area (TPSA) is 72.9 Å². The summed E-state index contributed by atoms with van der Waals surface area (Å²) in [4.78, 5) is 37.0. The summed E-state index contributed by atoms with van der Waals surface area (Å²) in [6.45, 7) is 0.846. The first-order chi connectivity index (χ1) is 11.1. The van der Waals surface area contributed by atoms with Gasteiger partial charge in [-0.3, -0.25) is 4.79 Å². The van der Waals surface area contributed by atoms with Crippen LogP contribution in [0.2, 0.25) is 0 Å². The van der Waals surface area contributed by atoms with E-state index in [0.717, 1.165) is 11.6 Å². The van der Waals surface area contributed by atoms with Crippen molar-refractivity contribution in [2.75, 3.05) is 13.1 Å². The van der Waals surface area contributed by atoms with Gasteiger partial charge in [-0.1, -0.05) is 30.3 Å². The van der Waals surface area contributed by atoms with Crippen LogP contribution >= 0.6 is 0 Å². The molecule has 1 fully saturated rings. The van der Waals surface area contributed by atoms with Gasteiger partial charge in [0, 0.05) is 32.0 Å². The van der Waals surface area contributed by atoms with Crippen molar-refractivity contribution in [1.29, 1.82) is 0 Å². The number of amides is 1. The van der Waals surface area contributed by atoms with E-state index in [9.17, 15) is 14.4 Å². The number of esters is 1. The Morgan fingerprint density at radius 1 is 1.13 bits per heavy atom. The molecule has 0 unspecified atom stereocenters. The van der Waals surface area contributed by atoms with Gasteiger partial charge >= 0.3 is 12.1 Å². The number of hydrogen-bond donors (Lipinski definition) is 0. The van der Waals surface area contributed by atoms with Crippen LogP contribution in [-0.2, 0) is 25.7 Å². The highest BCUT2D eigenvalue weighted by molar-refractivity contribution is 6.05. The molecule has 0 bridgehead atoms. The van der Waals surface area contributed by atoms with E-state index in [2.05, 4.69) is 0 Å². The van der Waals surface area contributed by atoms with E-state index < -0.39 is 17.7 Å². The fourth-order valence-electron chi connectivity index (χ4n) is 2.78. The van der Waals surface area contributed by atoms with E-state index in [1.165, 1.54) is 11.0 Å². The van der Waals surface area contributed by atoms with Gasteiger partial charge in [-0.2, -0.15) is 0 Å². The molecule has 3 rings (SSSR count). The zero-order valence-corrected chi connectivity index (χ0v) is 12.6. The summed E-state index contributed by atoms with van der Waals surface area (Å²) in [5, 5.41) is 0. The Morgan fingerprint density at radius 3 is 2.52 bits per heavy atom. The lowest BCUT2D eigenvalue weighted by Gasteiger charge is -2.39. The fourth-order valence-corrected chi connectivity index (χ4v) is 2.78. The minimum absolute atomic E-state index is 0.206. The van der Waals surface area contributed by atoms with E-state index >= 15 is 0 Å². The molecule has 1 aromatic carbocycles. The number of rotatable bonds is 2. The van der Waals surface area contributed by atoms with Crippen molar-refractivity contribution >= 4 is 17.8 Å². The Kier molecular flexibility index (Phi) is 4.14. The monoisotopic (exact) mass is 315 g/mol. The van der Waals surface area contributed by atoms with Gasteiger partial charge in [-0.15, -0.1) is 0 Å². The van der Waals surface area contributed by atoms with Gasteiger partial charge in [0.2, 0.25) is 0 Å². The number of benzene rings is 1. The van der Waals surface area contributed by atoms with Gasteiger partial charge in [0.25, 0.3) is 0 Å². The lowest BCUT2D eigenvalue weighted by atomic mass is 9.85. The third-order valence-corrected chi connectivity index (χ3v) is 4.15. The molecule has 0 radical (unpaired) electrons. The summed E-state index contributed by atoms with van der Waals surface area (Å²) < 4.78 is 10.5. The smallest absolute Gasteiger partial charge is 0.410 e. The predicted molar refractivity (Wildman–Crippen MR) is 80.4 cm³/mol. The van der Waals surface area contributed by atoms with Crippen molar-refractivity contribution in [1.82, 2.24) is 4.90 Å². The summed E-state index contributed by atoms with van der Waals surface area (Å²) >= 11 is 0. The van der Waals surface area contributed by atoms with Crippen LogP contribution in [0.1, 0.15) is 18.4 Å². The Morgan fingerprint density at radius 2 is 1.83 bits per heavy atom. The maximum Gasteiger partial charge on any atom is 0.410 e. The minimum Gasteiger partial charge on any atom is -0.447 e. The third kappa shape index (κ3) is 3.26. The summed E-state index contributed by atoms with van der Waals surface area (Å²) in [5.74, 6) is -0.723. The molecule has 1 aromatic rings. The molecule has 1 spiro atoms. The van der Waals surface area contributed by atoms with Crippen molar-refractivity contribution < 1.29 is 23.9 Å². The highest BCUT2D eigenvalue weighted by atomic mass is 16.6. The zero-order chi connectivity index (χ0) is 16.3. The molecule has 2 aliphatic rings. The molecule has 0 aliphatic carbocycles. The Labute approximate surface area is 133 Å². The van der Waals surface area contributed by atoms with E-state index in [-0.39, 0.29) is 12.4 Å². The van der Waals surface area contributed by atoms with Gasteiger partial charge in [-0.25, -0.2) is 9.59 Å². The Hall–Kier alpha value is -2.63. The first-order valence-corrected chi connectivity index (χ1v) is 7.50. The number of likely N-dealkylation sites (tertiary alicyclic amines) is 1. The Bertz CT molecular complexity index is 644. The lowest BCUT2D eigenvalue weighted by Crippen LogP contribution is -2.54. The molecule has 6 nitrogen and oxygen atoms in total. The molecule has 120 valence electrons. The molecular formula is C17H17NO5. The summed E-state index contributed by atoms with van der Waals surface area (Å²) in [5.41, 5.74) is -0.196. The molecular weight excluding hydrogens is 298 g/mol. The normalized spacial score (nSPS) is 19.6. The number of piperidine rings is 1. The second-order valence-electron chi connectivity index (χ2n) is 5.64. The van der Waals surface area contributed by atoms with Gasteiger partial charge in [0.15, 0.2) is 11.4 Å². The van der Waals surface area contributed by atoms with Crippen molar-refractivity contribution in [3.63, 3.8) is 0 Å². The molecule has 0 aromatic heterocycles. The van der Waals surface area contributed by atoms with Gasteiger partial charge in [0.1, 0.15) is 6.61 Å². The Balaban J connectivity index is 1.54. The largest absolute Gasteiger partial charge is 0.447 e. The van der Waals surface area contributed by atoms with E-state index in [4.69, 9.17) is 9.47 Å². The highest BCUT2D eigenvalue weighted by Crippen LogP contribution is 2.30. The van der Waals surface area contributed by atoms with Gasteiger partial charge < -0.3 is 14.4 Å². The molecule has 23 heavy (non-hydrogen) atoms. The van der Waals surface area contributed by atoms with E-state index in [0.29, 0.717) is 25.9 Å². The first kappa shape index (κ1) is 15.3. The minimum atomic E-state index is -1.11. The molecule has 2 aliphatic heterocycles. The van der Waals surface area contributed by atoms with E-state index in [1.54, 1.807) is 0 Å².